The molecule has 0 amide bonds. The van der Waals surface area contributed by atoms with Gasteiger partial charge in [0.05, 0.1) is 16.8 Å². The summed E-state index contributed by atoms with van der Waals surface area (Å²) in [7, 11) is 1.62. The maximum absolute atomic E-state index is 14.2. The predicted octanol–water partition coefficient (Wildman–Crippen LogP) is 4.81. The van der Waals surface area contributed by atoms with E-state index in [1.54, 1.807) is 30.1 Å². The van der Waals surface area contributed by atoms with Crippen LogP contribution < -0.4 is 11.4 Å². The van der Waals surface area contributed by atoms with Crippen LogP contribution in [0.4, 0.5) is 30.7 Å². The minimum Gasteiger partial charge on any atom is -0.475 e. The third-order valence-electron chi connectivity index (χ3n) is 6.14. The quantitative estimate of drug-likeness (QED) is 0.255. The predicted molar refractivity (Wildman–Crippen MR) is 134 cm³/mol. The molecule has 5 rings (SSSR count). The van der Waals surface area contributed by atoms with Crippen molar-refractivity contribution in [1.29, 1.82) is 0 Å². The number of carbonyl (C=O) groups is 1. The van der Waals surface area contributed by atoms with E-state index in [2.05, 4.69) is 10.2 Å². The molecule has 0 spiro atoms. The van der Waals surface area contributed by atoms with Gasteiger partial charge < -0.3 is 20.0 Å². The molecule has 3 heterocycles. The molecular formula is C25H21F7N6O3. The molecule has 0 radical (unpaired) electrons. The number of carboxylic acid groups (broad SMARTS) is 1. The SMILES string of the molecule is Cn1cc(-c2n[nH]c(=O)n2-c2cn(CCCN)c3ccc(F)cc23)c2ccc(C(F)(F)F)cc21.O=C(O)C(F)(F)F. The number of halogens is 7. The molecule has 0 unspecified atom stereocenters. The number of fused-ring (bicyclic) bond motifs is 2. The van der Waals surface area contributed by atoms with Gasteiger partial charge in [-0.15, -0.1) is 0 Å². The van der Waals surface area contributed by atoms with E-state index in [1.165, 1.54) is 22.8 Å². The zero-order valence-corrected chi connectivity index (χ0v) is 21.0. The fourth-order valence-electron chi connectivity index (χ4n) is 4.31. The van der Waals surface area contributed by atoms with Crippen LogP contribution in [0.15, 0.2) is 53.6 Å². The maximum Gasteiger partial charge on any atom is 0.490 e. The highest BCUT2D eigenvalue weighted by molar-refractivity contribution is 5.96. The summed E-state index contributed by atoms with van der Waals surface area (Å²) in [5, 5.41) is 14.7. The zero-order valence-electron chi connectivity index (χ0n) is 21.0. The minimum atomic E-state index is -5.08. The van der Waals surface area contributed by atoms with Gasteiger partial charge in [0.25, 0.3) is 0 Å². The molecule has 16 heteroatoms. The first-order chi connectivity index (χ1) is 19.1. The number of nitrogens with one attached hydrogen (secondary N) is 1. The van der Waals surface area contributed by atoms with Crippen LogP contribution >= 0.6 is 0 Å². The number of hydrogen-bond acceptors (Lipinski definition) is 4. The molecular weight excluding hydrogens is 565 g/mol. The molecule has 4 N–H and O–H groups in total. The van der Waals surface area contributed by atoms with Crippen molar-refractivity contribution in [1.82, 2.24) is 23.9 Å². The number of nitrogens with two attached hydrogens (primary N) is 1. The van der Waals surface area contributed by atoms with Gasteiger partial charge in [0.15, 0.2) is 5.82 Å². The van der Waals surface area contributed by atoms with Crippen LogP contribution in [0.1, 0.15) is 12.0 Å². The van der Waals surface area contributed by atoms with Crippen molar-refractivity contribution in [2.45, 2.75) is 25.3 Å². The number of H-pyrrole nitrogens is 1. The van der Waals surface area contributed by atoms with Crippen LogP contribution in [-0.2, 0) is 24.6 Å². The van der Waals surface area contributed by atoms with Crippen LogP contribution in [0.3, 0.4) is 0 Å². The lowest BCUT2D eigenvalue weighted by atomic mass is 10.1. The molecule has 0 saturated carbocycles. The molecule has 218 valence electrons. The van der Waals surface area contributed by atoms with Gasteiger partial charge in [0.1, 0.15) is 5.82 Å². The lowest BCUT2D eigenvalue weighted by molar-refractivity contribution is -0.192. The number of benzene rings is 2. The van der Waals surface area contributed by atoms with E-state index in [0.29, 0.717) is 47.1 Å². The summed E-state index contributed by atoms with van der Waals surface area (Å²) in [6.07, 6.45) is -5.54. The lowest BCUT2D eigenvalue weighted by Gasteiger charge is -2.07. The number of carboxylic acids is 1. The number of aryl methyl sites for hydroxylation is 2. The largest absolute Gasteiger partial charge is 0.490 e. The molecule has 2 aromatic carbocycles. The third-order valence-corrected chi connectivity index (χ3v) is 6.14. The molecule has 3 aromatic heterocycles. The summed E-state index contributed by atoms with van der Waals surface area (Å²) in [4.78, 5) is 21.8. The molecule has 41 heavy (non-hydrogen) atoms. The number of aromatic amines is 1. The Hall–Kier alpha value is -4.60. The lowest BCUT2D eigenvalue weighted by Crippen LogP contribution is -2.21. The smallest absolute Gasteiger partial charge is 0.475 e. The summed E-state index contributed by atoms with van der Waals surface area (Å²) in [6.45, 7) is 1.03. The monoisotopic (exact) mass is 586 g/mol. The van der Waals surface area contributed by atoms with Crippen molar-refractivity contribution < 1.29 is 40.6 Å². The van der Waals surface area contributed by atoms with E-state index in [9.17, 15) is 35.5 Å². The van der Waals surface area contributed by atoms with Crippen molar-refractivity contribution >= 4 is 27.8 Å². The second kappa shape index (κ2) is 10.8. The van der Waals surface area contributed by atoms with Crippen LogP contribution in [-0.4, -0.2) is 47.7 Å². The highest BCUT2D eigenvalue weighted by Crippen LogP contribution is 2.36. The first-order valence-corrected chi connectivity index (χ1v) is 11.8. The average Bonchev–Trinajstić information content (AvgIpc) is 3.54. The standard InChI is InChI=1S/C23H20F4N6O.C2HF3O2/c1-31-11-17(15-5-3-13(9-19(15)31)23(25,26)27)21-29-30-22(34)33(21)20-12-32(8-2-7-28)18-6-4-14(24)10-16(18)20;3-2(4,5)1(6)7/h3-6,9-12H,2,7-8,28H2,1H3,(H,30,34);(H,6,7). The number of aliphatic carboxylic acids is 1. The Morgan fingerprint density at radius 2 is 1.71 bits per heavy atom. The van der Waals surface area contributed by atoms with Gasteiger partial charge >= 0.3 is 24.0 Å². The first-order valence-electron chi connectivity index (χ1n) is 11.8. The van der Waals surface area contributed by atoms with Crippen molar-refractivity contribution in [3.63, 3.8) is 0 Å². The minimum absolute atomic E-state index is 0.206. The van der Waals surface area contributed by atoms with E-state index < -0.39 is 35.4 Å². The number of nitrogens with zero attached hydrogens (tertiary/aromatic N) is 4. The van der Waals surface area contributed by atoms with Gasteiger partial charge in [-0.2, -0.15) is 31.4 Å². The fourth-order valence-corrected chi connectivity index (χ4v) is 4.31. The molecule has 0 saturated heterocycles. The first kappa shape index (κ1) is 29.4. The van der Waals surface area contributed by atoms with Gasteiger partial charge in [-0.1, -0.05) is 6.07 Å². The molecule has 0 bridgehead atoms. The van der Waals surface area contributed by atoms with Gasteiger partial charge in [-0.05, 0) is 43.3 Å². The van der Waals surface area contributed by atoms with Crippen LogP contribution in [0.2, 0.25) is 0 Å². The summed E-state index contributed by atoms with van der Waals surface area (Å²) in [5.41, 5.74) is 6.24. The van der Waals surface area contributed by atoms with Gasteiger partial charge in [0, 0.05) is 47.8 Å². The molecule has 0 atom stereocenters. The average molecular weight is 586 g/mol. The topological polar surface area (TPSA) is 124 Å². The molecule has 9 nitrogen and oxygen atoms in total. The number of alkyl halides is 6. The zero-order chi connectivity index (χ0) is 30.3. The van der Waals surface area contributed by atoms with E-state index in [0.717, 1.165) is 17.6 Å². The van der Waals surface area contributed by atoms with Gasteiger partial charge in [-0.3, -0.25) is 0 Å². The second-order valence-corrected chi connectivity index (χ2v) is 8.89. The van der Waals surface area contributed by atoms with Crippen LogP contribution in [0, 0.1) is 5.82 Å². The van der Waals surface area contributed by atoms with E-state index in [1.807, 2.05) is 4.57 Å². The van der Waals surface area contributed by atoms with E-state index in [-0.39, 0.29) is 5.82 Å². The summed E-state index contributed by atoms with van der Waals surface area (Å²) < 4.78 is 90.3. The second-order valence-electron chi connectivity index (χ2n) is 8.89. The van der Waals surface area contributed by atoms with E-state index >= 15 is 0 Å². The molecule has 0 aliphatic carbocycles. The van der Waals surface area contributed by atoms with Gasteiger partial charge in [0.2, 0.25) is 0 Å². The molecule has 0 aliphatic heterocycles. The Morgan fingerprint density at radius 3 is 2.32 bits per heavy atom. The molecule has 5 aromatic rings. The summed E-state index contributed by atoms with van der Waals surface area (Å²) in [5.74, 6) is -3.02. The number of rotatable bonds is 5. The van der Waals surface area contributed by atoms with E-state index in [4.69, 9.17) is 15.6 Å². The van der Waals surface area contributed by atoms with Crippen molar-refractivity contribution in [3.8, 4) is 17.1 Å². The summed E-state index contributed by atoms with van der Waals surface area (Å²) >= 11 is 0. The van der Waals surface area contributed by atoms with Crippen LogP contribution in [0.25, 0.3) is 38.9 Å². The fraction of sp³-hybridized carbons (Fsp3) is 0.240. The Morgan fingerprint density at radius 1 is 1.02 bits per heavy atom. The molecule has 0 fully saturated rings. The Bertz CT molecular complexity index is 1790. The van der Waals surface area contributed by atoms with Crippen molar-refractivity contribution in [2.75, 3.05) is 6.54 Å². The number of hydrogen-bond donors (Lipinski definition) is 3. The van der Waals surface area contributed by atoms with Crippen LogP contribution in [0.5, 0.6) is 0 Å². The van der Waals surface area contributed by atoms with Gasteiger partial charge in [-0.25, -0.2) is 23.6 Å². The Kier molecular flexibility index (Phi) is 7.71. The Labute approximate surface area is 225 Å². The highest BCUT2D eigenvalue weighted by Gasteiger charge is 2.38. The normalized spacial score (nSPS) is 12.1. The molecule has 0 aliphatic rings. The maximum atomic E-state index is 14.2. The van der Waals surface area contributed by atoms with Crippen molar-refractivity contribution in [2.24, 2.45) is 12.8 Å². The summed E-state index contributed by atoms with van der Waals surface area (Å²) in [6, 6.07) is 7.73. The third kappa shape index (κ3) is 5.82. The van der Waals surface area contributed by atoms with Crippen molar-refractivity contribution in [3.05, 3.63) is 70.7 Å². The Balaban J connectivity index is 0.000000493. The number of aromatic nitrogens is 5. The highest BCUT2D eigenvalue weighted by atomic mass is 19.4.